The van der Waals surface area contributed by atoms with Gasteiger partial charge in [-0.3, -0.25) is 0 Å². The molecular formula is C8H13N3O3S. The first kappa shape index (κ1) is 11.9. The molecular weight excluding hydrogens is 218 g/mol. The smallest absolute Gasteiger partial charge is 0.350 e. The molecule has 0 saturated heterocycles. The third-order valence-corrected chi connectivity index (χ3v) is 2.33. The standard InChI is InChI=1S/C8H13N3O3S/c1-7(9)6-11-15(12,13)14-8-4-2-3-5-10-8/h2-5,7,11H,6,9H2,1H3/t7-/m1/s1. The van der Waals surface area contributed by atoms with Crippen LogP contribution in [0.1, 0.15) is 6.92 Å². The second kappa shape index (κ2) is 5.06. The molecule has 1 heterocycles. The highest BCUT2D eigenvalue weighted by molar-refractivity contribution is 7.85. The van der Waals surface area contributed by atoms with Gasteiger partial charge in [-0.25, -0.2) is 4.98 Å². The van der Waals surface area contributed by atoms with E-state index < -0.39 is 10.3 Å². The second-order valence-corrected chi connectivity index (χ2v) is 4.39. The van der Waals surface area contributed by atoms with E-state index in [2.05, 4.69) is 13.9 Å². The summed E-state index contributed by atoms with van der Waals surface area (Å²) in [6, 6.07) is 4.47. The van der Waals surface area contributed by atoms with Gasteiger partial charge < -0.3 is 9.92 Å². The van der Waals surface area contributed by atoms with Crippen LogP contribution in [-0.2, 0) is 10.3 Å². The average Bonchev–Trinajstić information content (AvgIpc) is 2.16. The zero-order valence-corrected chi connectivity index (χ0v) is 9.07. The number of aromatic nitrogens is 1. The quantitative estimate of drug-likeness (QED) is 0.721. The van der Waals surface area contributed by atoms with Crippen molar-refractivity contribution < 1.29 is 12.6 Å². The van der Waals surface area contributed by atoms with Crippen molar-refractivity contribution in [2.75, 3.05) is 6.54 Å². The lowest BCUT2D eigenvalue weighted by atomic mass is 10.4. The molecule has 0 aliphatic carbocycles. The Hall–Kier alpha value is -1.18. The number of pyridine rings is 1. The Morgan fingerprint density at radius 2 is 2.33 bits per heavy atom. The minimum Gasteiger partial charge on any atom is -0.350 e. The lowest BCUT2D eigenvalue weighted by Crippen LogP contribution is -2.37. The van der Waals surface area contributed by atoms with Gasteiger partial charge in [0, 0.05) is 24.8 Å². The van der Waals surface area contributed by atoms with Crippen molar-refractivity contribution in [3.8, 4) is 5.88 Å². The van der Waals surface area contributed by atoms with Crippen LogP contribution in [0.15, 0.2) is 24.4 Å². The van der Waals surface area contributed by atoms with Crippen LogP contribution in [0.25, 0.3) is 0 Å². The minimum atomic E-state index is -3.82. The summed E-state index contributed by atoms with van der Waals surface area (Å²) in [7, 11) is -3.82. The summed E-state index contributed by atoms with van der Waals surface area (Å²) in [6.07, 6.45) is 1.44. The molecule has 0 saturated carbocycles. The van der Waals surface area contributed by atoms with E-state index in [9.17, 15) is 8.42 Å². The molecule has 0 aliphatic rings. The van der Waals surface area contributed by atoms with Crippen molar-refractivity contribution in [1.82, 2.24) is 9.71 Å². The molecule has 0 unspecified atom stereocenters. The Balaban J connectivity index is 2.57. The fraction of sp³-hybridized carbons (Fsp3) is 0.375. The predicted molar refractivity (Wildman–Crippen MR) is 55.4 cm³/mol. The van der Waals surface area contributed by atoms with Crippen LogP contribution in [0.5, 0.6) is 5.88 Å². The molecule has 1 rings (SSSR count). The van der Waals surface area contributed by atoms with E-state index in [1.165, 1.54) is 12.3 Å². The molecule has 3 N–H and O–H groups in total. The molecule has 15 heavy (non-hydrogen) atoms. The van der Waals surface area contributed by atoms with Crippen LogP contribution in [-0.4, -0.2) is 26.0 Å². The Morgan fingerprint density at radius 1 is 1.60 bits per heavy atom. The third kappa shape index (κ3) is 4.73. The van der Waals surface area contributed by atoms with E-state index in [-0.39, 0.29) is 18.5 Å². The molecule has 0 radical (unpaired) electrons. The van der Waals surface area contributed by atoms with E-state index in [1.54, 1.807) is 19.1 Å². The Bertz CT molecular complexity index is 391. The lowest BCUT2D eigenvalue weighted by molar-refractivity contribution is 0.459. The van der Waals surface area contributed by atoms with Gasteiger partial charge in [0.1, 0.15) is 0 Å². The van der Waals surface area contributed by atoms with E-state index in [4.69, 9.17) is 5.73 Å². The number of nitrogens with zero attached hydrogens (tertiary/aromatic N) is 1. The van der Waals surface area contributed by atoms with Crippen molar-refractivity contribution in [2.45, 2.75) is 13.0 Å². The van der Waals surface area contributed by atoms with Gasteiger partial charge in [-0.1, -0.05) is 6.07 Å². The fourth-order valence-corrected chi connectivity index (χ4v) is 1.62. The predicted octanol–water partition coefficient (Wildman–Crippen LogP) is -0.358. The molecule has 0 spiro atoms. The maximum Gasteiger partial charge on any atom is 0.384 e. The van der Waals surface area contributed by atoms with Crippen molar-refractivity contribution in [3.63, 3.8) is 0 Å². The largest absolute Gasteiger partial charge is 0.384 e. The van der Waals surface area contributed by atoms with Crippen LogP contribution in [0.3, 0.4) is 0 Å². The van der Waals surface area contributed by atoms with Crippen LogP contribution >= 0.6 is 0 Å². The summed E-state index contributed by atoms with van der Waals surface area (Å²) in [6.45, 7) is 1.80. The molecule has 1 atom stereocenters. The molecule has 0 aromatic carbocycles. The van der Waals surface area contributed by atoms with Crippen molar-refractivity contribution in [1.29, 1.82) is 0 Å². The zero-order valence-electron chi connectivity index (χ0n) is 8.25. The van der Waals surface area contributed by atoms with Crippen LogP contribution < -0.4 is 14.6 Å². The number of nitrogens with one attached hydrogen (secondary N) is 1. The maximum atomic E-state index is 11.3. The van der Waals surface area contributed by atoms with E-state index in [0.717, 1.165) is 0 Å². The zero-order chi connectivity index (χ0) is 11.3. The summed E-state index contributed by atoms with van der Waals surface area (Å²) in [5.41, 5.74) is 5.39. The van der Waals surface area contributed by atoms with Gasteiger partial charge in [0.15, 0.2) is 0 Å². The second-order valence-electron chi connectivity index (χ2n) is 3.03. The first-order valence-electron chi connectivity index (χ1n) is 4.35. The Labute approximate surface area is 88.7 Å². The Morgan fingerprint density at radius 3 is 2.87 bits per heavy atom. The van der Waals surface area contributed by atoms with Gasteiger partial charge >= 0.3 is 10.3 Å². The summed E-state index contributed by atoms with van der Waals surface area (Å²) in [4.78, 5) is 3.72. The summed E-state index contributed by atoms with van der Waals surface area (Å²) < 4.78 is 29.4. The van der Waals surface area contributed by atoms with Crippen molar-refractivity contribution >= 4 is 10.3 Å². The van der Waals surface area contributed by atoms with Gasteiger partial charge in [0.05, 0.1) is 0 Å². The summed E-state index contributed by atoms with van der Waals surface area (Å²) in [5.74, 6) is 0.0228. The topological polar surface area (TPSA) is 94.3 Å². The Kier molecular flexibility index (Phi) is 4.01. The molecule has 0 aliphatic heterocycles. The van der Waals surface area contributed by atoms with Crippen LogP contribution in [0, 0.1) is 0 Å². The van der Waals surface area contributed by atoms with E-state index in [0.29, 0.717) is 0 Å². The minimum absolute atomic E-state index is 0.0228. The molecule has 0 fully saturated rings. The lowest BCUT2D eigenvalue weighted by Gasteiger charge is -2.08. The maximum absolute atomic E-state index is 11.3. The molecule has 6 nitrogen and oxygen atoms in total. The highest BCUT2D eigenvalue weighted by Crippen LogP contribution is 2.05. The SMILES string of the molecule is C[C@@H](N)CNS(=O)(=O)Oc1ccccn1. The van der Waals surface area contributed by atoms with Gasteiger partial charge in [-0.2, -0.15) is 13.1 Å². The van der Waals surface area contributed by atoms with E-state index >= 15 is 0 Å². The first-order valence-corrected chi connectivity index (χ1v) is 5.76. The highest BCUT2D eigenvalue weighted by atomic mass is 32.2. The van der Waals surface area contributed by atoms with Gasteiger partial charge in [0.25, 0.3) is 0 Å². The molecule has 0 bridgehead atoms. The third-order valence-electron chi connectivity index (χ3n) is 1.41. The normalized spacial score (nSPS) is 13.5. The number of nitrogens with two attached hydrogens (primary N) is 1. The molecule has 1 aromatic heterocycles. The van der Waals surface area contributed by atoms with Gasteiger partial charge in [0.2, 0.25) is 5.88 Å². The fourth-order valence-electron chi connectivity index (χ4n) is 0.772. The molecule has 7 heteroatoms. The molecule has 0 amide bonds. The summed E-state index contributed by atoms with van der Waals surface area (Å²) in [5, 5.41) is 0. The van der Waals surface area contributed by atoms with Crippen LogP contribution in [0.4, 0.5) is 0 Å². The number of hydrogen-bond donors (Lipinski definition) is 2. The van der Waals surface area contributed by atoms with Crippen molar-refractivity contribution in [2.24, 2.45) is 5.73 Å². The van der Waals surface area contributed by atoms with Gasteiger partial charge in [-0.05, 0) is 13.0 Å². The van der Waals surface area contributed by atoms with Crippen molar-refractivity contribution in [3.05, 3.63) is 24.4 Å². The highest BCUT2D eigenvalue weighted by Gasteiger charge is 2.12. The average molecular weight is 231 g/mol. The van der Waals surface area contributed by atoms with Crippen LogP contribution in [0.2, 0.25) is 0 Å². The summed E-state index contributed by atoms with van der Waals surface area (Å²) >= 11 is 0. The number of hydrogen-bond acceptors (Lipinski definition) is 5. The monoisotopic (exact) mass is 231 g/mol. The van der Waals surface area contributed by atoms with E-state index in [1.807, 2.05) is 0 Å². The first-order chi connectivity index (χ1) is 6.99. The molecule has 84 valence electrons. The molecule has 1 aromatic rings. The van der Waals surface area contributed by atoms with Gasteiger partial charge in [-0.15, -0.1) is 0 Å². The number of rotatable bonds is 5.